The predicted octanol–water partition coefficient (Wildman–Crippen LogP) is 3.17. The molecule has 0 saturated heterocycles. The lowest BCUT2D eigenvalue weighted by atomic mass is 10.0. The molecule has 148 valence electrons. The number of hydrogen-bond acceptors (Lipinski definition) is 6. The smallest absolute Gasteiger partial charge is 0.338 e. The van der Waals surface area contributed by atoms with Crippen molar-refractivity contribution in [3.8, 4) is 11.7 Å². The fourth-order valence-corrected chi connectivity index (χ4v) is 2.77. The van der Waals surface area contributed by atoms with Crippen molar-refractivity contribution in [1.29, 1.82) is 0 Å². The SMILES string of the molecule is O=C(O)c1cnn(-c2ncc(OCc3cccc(C(=O)c4ccccc4)c3)cn2)c1. The van der Waals surface area contributed by atoms with Crippen LogP contribution in [0.2, 0.25) is 0 Å². The van der Waals surface area contributed by atoms with Gasteiger partial charge in [-0.25, -0.2) is 19.4 Å². The standard InChI is InChI=1S/C22H16N4O4/c27-20(16-6-2-1-3-7-16)17-8-4-5-15(9-17)14-30-19-11-23-22(24-12-19)26-13-18(10-25-26)21(28)29/h1-13H,14H2,(H,28,29). The number of carboxylic acid groups (broad SMARTS) is 1. The second-order valence-electron chi connectivity index (χ2n) is 6.38. The number of aromatic carboxylic acids is 1. The molecule has 0 bridgehead atoms. The van der Waals surface area contributed by atoms with Crippen molar-refractivity contribution in [1.82, 2.24) is 19.7 Å². The van der Waals surface area contributed by atoms with Crippen LogP contribution >= 0.6 is 0 Å². The molecular formula is C22H16N4O4. The largest absolute Gasteiger partial charge is 0.486 e. The molecule has 0 unspecified atom stereocenters. The van der Waals surface area contributed by atoms with Gasteiger partial charge in [-0.05, 0) is 11.6 Å². The van der Waals surface area contributed by atoms with Gasteiger partial charge in [0.2, 0.25) is 0 Å². The molecule has 0 spiro atoms. The summed E-state index contributed by atoms with van der Waals surface area (Å²) in [7, 11) is 0. The molecule has 8 nitrogen and oxygen atoms in total. The molecule has 1 N–H and O–H groups in total. The number of ketones is 1. The molecule has 0 radical (unpaired) electrons. The molecule has 2 aromatic carbocycles. The molecule has 4 rings (SSSR count). The van der Waals surface area contributed by atoms with Crippen molar-refractivity contribution in [3.05, 3.63) is 102 Å². The summed E-state index contributed by atoms with van der Waals surface area (Å²) in [6.45, 7) is 0.240. The minimum Gasteiger partial charge on any atom is -0.486 e. The van der Waals surface area contributed by atoms with Crippen LogP contribution in [0.15, 0.2) is 79.4 Å². The summed E-state index contributed by atoms with van der Waals surface area (Å²) in [6.07, 6.45) is 5.50. The Morgan fingerprint density at radius 1 is 0.900 bits per heavy atom. The van der Waals surface area contributed by atoms with E-state index in [1.807, 2.05) is 30.3 Å². The van der Waals surface area contributed by atoms with Crippen LogP contribution in [0.5, 0.6) is 5.75 Å². The Morgan fingerprint density at radius 3 is 2.33 bits per heavy atom. The van der Waals surface area contributed by atoms with E-state index in [1.165, 1.54) is 29.5 Å². The number of carbonyl (C=O) groups is 2. The highest BCUT2D eigenvalue weighted by Gasteiger charge is 2.10. The Labute approximate surface area is 171 Å². The van der Waals surface area contributed by atoms with Gasteiger partial charge in [-0.2, -0.15) is 5.10 Å². The summed E-state index contributed by atoms with van der Waals surface area (Å²) in [4.78, 5) is 31.8. The summed E-state index contributed by atoms with van der Waals surface area (Å²) in [6, 6.07) is 16.3. The van der Waals surface area contributed by atoms with Gasteiger partial charge in [0.25, 0.3) is 5.95 Å². The lowest BCUT2D eigenvalue weighted by Crippen LogP contribution is -2.04. The normalized spacial score (nSPS) is 10.5. The van der Waals surface area contributed by atoms with Crippen molar-refractivity contribution in [2.45, 2.75) is 6.61 Å². The quantitative estimate of drug-likeness (QED) is 0.475. The first kappa shape index (κ1) is 19.0. The van der Waals surface area contributed by atoms with Crippen LogP contribution in [0.25, 0.3) is 5.95 Å². The Morgan fingerprint density at radius 2 is 1.63 bits per heavy atom. The third kappa shape index (κ3) is 4.22. The molecule has 2 heterocycles. The van der Waals surface area contributed by atoms with Gasteiger partial charge < -0.3 is 9.84 Å². The Hall–Kier alpha value is -4.33. The summed E-state index contributed by atoms with van der Waals surface area (Å²) < 4.78 is 6.98. The predicted molar refractivity (Wildman–Crippen MR) is 107 cm³/mol. The minimum atomic E-state index is -1.07. The lowest BCUT2D eigenvalue weighted by Gasteiger charge is -2.08. The van der Waals surface area contributed by atoms with Gasteiger partial charge in [-0.15, -0.1) is 0 Å². The maximum Gasteiger partial charge on any atom is 0.338 e. The van der Waals surface area contributed by atoms with Crippen LogP contribution in [-0.2, 0) is 6.61 Å². The Kier molecular flexibility index (Phi) is 5.29. The second-order valence-corrected chi connectivity index (χ2v) is 6.38. The number of rotatable bonds is 7. The van der Waals surface area contributed by atoms with E-state index in [0.717, 1.165) is 5.56 Å². The Bertz CT molecular complexity index is 1190. The molecule has 0 aliphatic rings. The first-order valence-electron chi connectivity index (χ1n) is 9.02. The number of ether oxygens (including phenoxy) is 1. The van der Waals surface area contributed by atoms with E-state index >= 15 is 0 Å². The van der Waals surface area contributed by atoms with Gasteiger partial charge in [0.1, 0.15) is 6.61 Å². The van der Waals surface area contributed by atoms with E-state index < -0.39 is 5.97 Å². The molecule has 0 aliphatic carbocycles. The minimum absolute atomic E-state index is 0.0452. The molecule has 0 fully saturated rings. The van der Waals surface area contributed by atoms with E-state index in [1.54, 1.807) is 24.3 Å². The molecule has 30 heavy (non-hydrogen) atoms. The van der Waals surface area contributed by atoms with E-state index in [-0.39, 0.29) is 23.9 Å². The van der Waals surface area contributed by atoms with E-state index in [4.69, 9.17) is 9.84 Å². The summed E-state index contributed by atoms with van der Waals surface area (Å²) in [5, 5.41) is 12.9. The molecule has 0 atom stereocenters. The summed E-state index contributed by atoms with van der Waals surface area (Å²) in [5.41, 5.74) is 2.09. The van der Waals surface area contributed by atoms with Crippen molar-refractivity contribution in [2.24, 2.45) is 0 Å². The van der Waals surface area contributed by atoms with Crippen molar-refractivity contribution < 1.29 is 19.4 Å². The maximum atomic E-state index is 12.6. The topological polar surface area (TPSA) is 107 Å². The van der Waals surface area contributed by atoms with Crippen LogP contribution in [-0.4, -0.2) is 36.6 Å². The summed E-state index contributed by atoms with van der Waals surface area (Å²) >= 11 is 0. The monoisotopic (exact) mass is 400 g/mol. The highest BCUT2D eigenvalue weighted by molar-refractivity contribution is 6.09. The highest BCUT2D eigenvalue weighted by atomic mass is 16.5. The number of aromatic nitrogens is 4. The van der Waals surface area contributed by atoms with Gasteiger partial charge in [0, 0.05) is 17.3 Å². The van der Waals surface area contributed by atoms with Crippen molar-refractivity contribution in [3.63, 3.8) is 0 Å². The van der Waals surface area contributed by atoms with Gasteiger partial charge >= 0.3 is 5.97 Å². The average molecular weight is 400 g/mol. The maximum absolute atomic E-state index is 12.6. The zero-order valence-electron chi connectivity index (χ0n) is 15.7. The molecule has 2 aromatic heterocycles. The lowest BCUT2D eigenvalue weighted by molar-refractivity contribution is 0.0696. The fourth-order valence-electron chi connectivity index (χ4n) is 2.77. The molecule has 0 saturated carbocycles. The van der Waals surface area contributed by atoms with Gasteiger partial charge in [0.15, 0.2) is 11.5 Å². The average Bonchev–Trinajstić information content (AvgIpc) is 3.29. The van der Waals surface area contributed by atoms with Gasteiger partial charge in [-0.1, -0.05) is 48.5 Å². The van der Waals surface area contributed by atoms with Crippen LogP contribution in [0.3, 0.4) is 0 Å². The van der Waals surface area contributed by atoms with Crippen LogP contribution in [0, 0.1) is 0 Å². The molecule has 0 amide bonds. The van der Waals surface area contributed by atoms with E-state index in [2.05, 4.69) is 15.1 Å². The van der Waals surface area contributed by atoms with Crippen molar-refractivity contribution >= 4 is 11.8 Å². The van der Waals surface area contributed by atoms with Gasteiger partial charge in [0.05, 0.1) is 24.2 Å². The first-order valence-corrected chi connectivity index (χ1v) is 9.02. The van der Waals surface area contributed by atoms with Crippen LogP contribution in [0.4, 0.5) is 0 Å². The third-order valence-corrected chi connectivity index (χ3v) is 4.28. The van der Waals surface area contributed by atoms with Gasteiger partial charge in [-0.3, -0.25) is 4.79 Å². The number of nitrogens with zero attached hydrogens (tertiary/aromatic N) is 4. The third-order valence-electron chi connectivity index (χ3n) is 4.28. The number of carbonyl (C=O) groups excluding carboxylic acids is 1. The van der Waals surface area contributed by atoms with Crippen LogP contribution in [0.1, 0.15) is 31.8 Å². The van der Waals surface area contributed by atoms with E-state index in [9.17, 15) is 9.59 Å². The molecular weight excluding hydrogens is 384 g/mol. The van der Waals surface area contributed by atoms with E-state index in [0.29, 0.717) is 16.9 Å². The number of benzene rings is 2. The number of carboxylic acids is 1. The summed E-state index contributed by atoms with van der Waals surface area (Å²) in [5.74, 6) is -0.464. The number of hydrogen-bond donors (Lipinski definition) is 1. The van der Waals surface area contributed by atoms with Crippen molar-refractivity contribution in [2.75, 3.05) is 0 Å². The zero-order chi connectivity index (χ0) is 20.9. The zero-order valence-corrected chi connectivity index (χ0v) is 15.7. The first-order chi connectivity index (χ1) is 14.6. The highest BCUT2D eigenvalue weighted by Crippen LogP contribution is 2.15. The molecule has 8 heteroatoms. The van der Waals surface area contributed by atoms with Crippen LogP contribution < -0.4 is 4.74 Å². The molecule has 0 aliphatic heterocycles. The molecule has 4 aromatic rings. The second kappa shape index (κ2) is 8.36. The Balaban J connectivity index is 1.42. The fraction of sp³-hybridized carbons (Fsp3) is 0.0455.